The first-order valence-electron chi connectivity index (χ1n) is 9.72. The molecule has 0 fully saturated rings. The Kier molecular flexibility index (Phi) is 5.57. The molecule has 0 radical (unpaired) electrons. The summed E-state index contributed by atoms with van der Waals surface area (Å²) < 4.78 is 1.43. The molecule has 4 rings (SSSR count). The molecular weight excluding hydrogens is 374 g/mol. The Hall–Kier alpha value is -3.93. The molecule has 0 saturated carbocycles. The minimum atomic E-state index is -0.190. The van der Waals surface area contributed by atoms with E-state index in [9.17, 15) is 4.79 Å². The zero-order valence-corrected chi connectivity index (χ0v) is 17.0. The molecule has 0 unspecified atom stereocenters. The van der Waals surface area contributed by atoms with Crippen LogP contribution in [0.5, 0.6) is 0 Å². The van der Waals surface area contributed by atoms with Gasteiger partial charge in [-0.05, 0) is 35.9 Å². The second kappa shape index (κ2) is 8.61. The number of rotatable bonds is 6. The van der Waals surface area contributed by atoms with Gasteiger partial charge < -0.3 is 10.2 Å². The molecule has 6 nitrogen and oxygen atoms in total. The molecule has 0 aliphatic rings. The Bertz CT molecular complexity index is 1140. The van der Waals surface area contributed by atoms with Crippen LogP contribution in [0.4, 0.5) is 11.5 Å². The number of benzene rings is 2. The van der Waals surface area contributed by atoms with E-state index >= 15 is 0 Å². The predicted molar refractivity (Wildman–Crippen MR) is 120 cm³/mol. The van der Waals surface area contributed by atoms with E-state index in [-0.39, 0.29) is 5.91 Å². The predicted octanol–water partition coefficient (Wildman–Crippen LogP) is 4.31. The van der Waals surface area contributed by atoms with E-state index in [0.717, 1.165) is 16.8 Å². The number of nitrogens with one attached hydrogen (secondary N) is 1. The molecule has 150 valence electrons. The molecular formula is C24H23N5O. The quantitative estimate of drug-likeness (QED) is 0.525. The zero-order valence-electron chi connectivity index (χ0n) is 17.0. The van der Waals surface area contributed by atoms with Crippen LogP contribution in [0.3, 0.4) is 0 Å². The molecule has 0 aliphatic heterocycles. The summed E-state index contributed by atoms with van der Waals surface area (Å²) in [6.07, 6.45) is 3.46. The highest BCUT2D eigenvalue weighted by Crippen LogP contribution is 2.23. The van der Waals surface area contributed by atoms with Crippen LogP contribution in [0.15, 0.2) is 85.2 Å². The van der Waals surface area contributed by atoms with Gasteiger partial charge in [0.1, 0.15) is 5.82 Å². The van der Waals surface area contributed by atoms with Crippen molar-refractivity contribution >= 4 is 17.4 Å². The van der Waals surface area contributed by atoms with Crippen molar-refractivity contribution in [1.29, 1.82) is 0 Å². The van der Waals surface area contributed by atoms with Crippen LogP contribution in [0.2, 0.25) is 0 Å². The third-order valence-electron chi connectivity index (χ3n) is 4.78. The summed E-state index contributed by atoms with van der Waals surface area (Å²) in [5.74, 6) is 0.447. The fourth-order valence-corrected chi connectivity index (χ4v) is 3.15. The Morgan fingerprint density at radius 1 is 1.00 bits per heavy atom. The van der Waals surface area contributed by atoms with Crippen molar-refractivity contribution in [3.63, 3.8) is 0 Å². The normalized spacial score (nSPS) is 10.6. The second-order valence-corrected chi connectivity index (χ2v) is 7.16. The minimum Gasteiger partial charge on any atom is -0.378 e. The SMILES string of the molecule is CN(C)c1cccc(C(=O)n2nc(-c3cccnc3)cc2NCc2ccccc2)c1. The van der Waals surface area contributed by atoms with Crippen molar-refractivity contribution in [3.05, 3.63) is 96.3 Å². The van der Waals surface area contributed by atoms with E-state index in [1.54, 1.807) is 12.4 Å². The molecule has 6 heteroatoms. The van der Waals surface area contributed by atoms with Crippen LogP contribution in [-0.2, 0) is 6.54 Å². The standard InChI is InChI=1S/C24H23N5O/c1-28(2)21-12-6-10-19(14-21)24(30)29-23(26-16-18-8-4-3-5-9-18)15-22(27-29)20-11-7-13-25-17-20/h3-15,17,26H,16H2,1-2H3. The Balaban J connectivity index is 1.70. The number of anilines is 2. The van der Waals surface area contributed by atoms with Gasteiger partial charge in [0.25, 0.3) is 5.91 Å². The molecule has 0 amide bonds. The highest BCUT2D eigenvalue weighted by atomic mass is 16.2. The summed E-state index contributed by atoms with van der Waals surface area (Å²) >= 11 is 0. The first-order valence-corrected chi connectivity index (χ1v) is 9.72. The zero-order chi connectivity index (χ0) is 20.9. The van der Waals surface area contributed by atoms with E-state index in [1.165, 1.54) is 4.68 Å². The van der Waals surface area contributed by atoms with Gasteiger partial charge in [0.05, 0.1) is 5.69 Å². The van der Waals surface area contributed by atoms with Gasteiger partial charge in [-0.15, -0.1) is 0 Å². The fraction of sp³-hybridized carbons (Fsp3) is 0.125. The van der Waals surface area contributed by atoms with E-state index < -0.39 is 0 Å². The lowest BCUT2D eigenvalue weighted by Gasteiger charge is -2.14. The van der Waals surface area contributed by atoms with Gasteiger partial charge in [-0.25, -0.2) is 0 Å². The van der Waals surface area contributed by atoms with Crippen molar-refractivity contribution < 1.29 is 4.79 Å². The Morgan fingerprint density at radius 2 is 1.83 bits per heavy atom. The number of hydrogen-bond donors (Lipinski definition) is 1. The monoisotopic (exact) mass is 397 g/mol. The van der Waals surface area contributed by atoms with Crippen LogP contribution in [0.1, 0.15) is 15.9 Å². The highest BCUT2D eigenvalue weighted by Gasteiger charge is 2.18. The molecule has 0 aliphatic carbocycles. The lowest BCUT2D eigenvalue weighted by molar-refractivity contribution is 0.0948. The topological polar surface area (TPSA) is 63.1 Å². The van der Waals surface area contributed by atoms with Crippen molar-refractivity contribution in [3.8, 4) is 11.3 Å². The maximum Gasteiger partial charge on any atom is 0.280 e. The molecule has 0 bridgehead atoms. The van der Waals surface area contributed by atoms with Gasteiger partial charge in [-0.1, -0.05) is 36.4 Å². The van der Waals surface area contributed by atoms with Crippen LogP contribution < -0.4 is 10.2 Å². The van der Waals surface area contributed by atoms with Crippen molar-refractivity contribution in [1.82, 2.24) is 14.8 Å². The number of hydrogen-bond acceptors (Lipinski definition) is 5. The van der Waals surface area contributed by atoms with Crippen LogP contribution in [0, 0.1) is 0 Å². The largest absolute Gasteiger partial charge is 0.378 e. The Morgan fingerprint density at radius 3 is 2.57 bits per heavy atom. The van der Waals surface area contributed by atoms with Crippen molar-refractivity contribution in [2.45, 2.75) is 6.54 Å². The lowest BCUT2D eigenvalue weighted by Crippen LogP contribution is -2.18. The average molecular weight is 397 g/mol. The number of nitrogens with zero attached hydrogens (tertiary/aromatic N) is 4. The molecule has 0 saturated heterocycles. The van der Waals surface area contributed by atoms with Gasteiger partial charge in [0.2, 0.25) is 0 Å². The molecule has 30 heavy (non-hydrogen) atoms. The number of pyridine rings is 1. The summed E-state index contributed by atoms with van der Waals surface area (Å²) in [6, 6.07) is 23.2. The third kappa shape index (κ3) is 4.22. The highest BCUT2D eigenvalue weighted by molar-refractivity contribution is 5.98. The number of carbonyl (C=O) groups is 1. The van der Waals surface area contributed by atoms with Gasteiger partial charge in [0, 0.05) is 55.9 Å². The second-order valence-electron chi connectivity index (χ2n) is 7.16. The molecule has 0 spiro atoms. The molecule has 2 heterocycles. The number of carbonyl (C=O) groups excluding carboxylic acids is 1. The number of aromatic nitrogens is 3. The molecule has 4 aromatic rings. The average Bonchev–Trinajstić information content (AvgIpc) is 3.23. The summed E-state index contributed by atoms with van der Waals surface area (Å²) in [7, 11) is 3.90. The van der Waals surface area contributed by atoms with Gasteiger partial charge in [-0.2, -0.15) is 9.78 Å². The van der Waals surface area contributed by atoms with Gasteiger partial charge in [0.15, 0.2) is 0 Å². The molecule has 2 aromatic heterocycles. The van der Waals surface area contributed by atoms with Gasteiger partial charge >= 0.3 is 0 Å². The summed E-state index contributed by atoms with van der Waals surface area (Å²) in [5, 5.41) is 7.95. The maximum atomic E-state index is 13.3. The minimum absolute atomic E-state index is 0.190. The smallest absolute Gasteiger partial charge is 0.280 e. The van der Waals surface area contributed by atoms with E-state index in [1.807, 2.05) is 91.8 Å². The first-order chi connectivity index (χ1) is 14.6. The lowest BCUT2D eigenvalue weighted by atomic mass is 10.2. The molecule has 1 N–H and O–H groups in total. The van der Waals surface area contributed by atoms with E-state index in [2.05, 4.69) is 15.4 Å². The summed E-state index contributed by atoms with van der Waals surface area (Å²) in [4.78, 5) is 19.5. The fourth-order valence-electron chi connectivity index (χ4n) is 3.15. The van der Waals surface area contributed by atoms with Crippen LogP contribution in [0.25, 0.3) is 11.3 Å². The Labute approximate surface area is 175 Å². The molecule has 0 atom stereocenters. The first kappa shape index (κ1) is 19.4. The van der Waals surface area contributed by atoms with E-state index in [4.69, 9.17) is 0 Å². The van der Waals surface area contributed by atoms with Crippen LogP contribution in [-0.4, -0.2) is 34.8 Å². The maximum absolute atomic E-state index is 13.3. The van der Waals surface area contributed by atoms with Crippen molar-refractivity contribution in [2.75, 3.05) is 24.3 Å². The van der Waals surface area contributed by atoms with Gasteiger partial charge in [-0.3, -0.25) is 9.78 Å². The summed E-state index contributed by atoms with van der Waals surface area (Å²) in [5.41, 5.74) is 4.20. The molecule has 2 aromatic carbocycles. The third-order valence-corrected chi connectivity index (χ3v) is 4.78. The van der Waals surface area contributed by atoms with Crippen molar-refractivity contribution in [2.24, 2.45) is 0 Å². The van der Waals surface area contributed by atoms with Crippen LogP contribution >= 0.6 is 0 Å². The summed E-state index contributed by atoms with van der Waals surface area (Å²) in [6.45, 7) is 0.587. The van der Waals surface area contributed by atoms with E-state index in [0.29, 0.717) is 23.6 Å².